The number of nitrogens with one attached hydrogen (secondary N) is 2. The molecule has 0 fully saturated rings. The molecule has 4 atom stereocenters. The standard InChI is InChI=1S/C46H40N4/c1-7-19-35(20-8-1)41-31-48-44(38-25-13-4-14-26-38)42(36-21-9-2-10-22-36)33-47-43(37-23-11-3-12-24-37)34-50-46(40-29-17-6-18-30-40)45(49-32-41)39-27-15-5-16-28-39/h1-34,42,44-46,49-50H/b41-32+,43-34-,47-33?,48-31?/t42-,44-,45-,46-/m0/s1. The van der Waals surface area contributed by atoms with E-state index in [4.69, 9.17) is 9.98 Å². The molecule has 0 saturated carbocycles. The van der Waals surface area contributed by atoms with E-state index in [0.717, 1.165) is 44.7 Å². The van der Waals surface area contributed by atoms with Crippen molar-refractivity contribution in [2.75, 3.05) is 0 Å². The summed E-state index contributed by atoms with van der Waals surface area (Å²) in [5, 5.41) is 7.69. The monoisotopic (exact) mass is 648 g/mol. The zero-order chi connectivity index (χ0) is 33.8. The summed E-state index contributed by atoms with van der Waals surface area (Å²) >= 11 is 0. The smallest absolute Gasteiger partial charge is 0.0867 e. The van der Waals surface area contributed by atoms with Gasteiger partial charge in [-0.15, -0.1) is 0 Å². The second-order valence-electron chi connectivity index (χ2n) is 12.3. The van der Waals surface area contributed by atoms with Crippen molar-refractivity contribution in [3.8, 4) is 0 Å². The van der Waals surface area contributed by atoms with Gasteiger partial charge in [0, 0.05) is 41.9 Å². The van der Waals surface area contributed by atoms with Crippen LogP contribution in [-0.4, -0.2) is 12.4 Å². The van der Waals surface area contributed by atoms with Crippen LogP contribution in [0.15, 0.2) is 204 Å². The van der Waals surface area contributed by atoms with Gasteiger partial charge in [0.05, 0.1) is 23.8 Å². The molecular weight excluding hydrogens is 609 g/mol. The summed E-state index contributed by atoms with van der Waals surface area (Å²) in [7, 11) is 0. The lowest BCUT2D eigenvalue weighted by Gasteiger charge is -2.30. The fraction of sp³-hybridized carbons (Fsp3) is 0.0870. The molecule has 6 aromatic carbocycles. The van der Waals surface area contributed by atoms with Crippen molar-refractivity contribution >= 4 is 23.7 Å². The maximum absolute atomic E-state index is 5.41. The molecule has 1 aliphatic rings. The van der Waals surface area contributed by atoms with Crippen LogP contribution in [0.4, 0.5) is 0 Å². The largest absolute Gasteiger partial charge is 0.381 e. The molecule has 4 nitrogen and oxygen atoms in total. The highest BCUT2D eigenvalue weighted by molar-refractivity contribution is 6.09. The summed E-state index contributed by atoms with van der Waals surface area (Å²) in [6, 6.07) is 62.6. The van der Waals surface area contributed by atoms with Gasteiger partial charge in [-0.3, -0.25) is 9.98 Å². The van der Waals surface area contributed by atoms with Crippen LogP contribution < -0.4 is 10.6 Å². The molecule has 244 valence electrons. The first-order chi connectivity index (χ1) is 24.8. The zero-order valence-corrected chi connectivity index (χ0v) is 27.8. The molecule has 0 radical (unpaired) electrons. The summed E-state index contributed by atoms with van der Waals surface area (Å²) in [5.74, 6) is -0.142. The third-order valence-electron chi connectivity index (χ3n) is 9.06. The normalized spacial score (nSPS) is 21.7. The molecule has 50 heavy (non-hydrogen) atoms. The second-order valence-corrected chi connectivity index (χ2v) is 12.3. The van der Waals surface area contributed by atoms with Gasteiger partial charge in [0.15, 0.2) is 0 Å². The maximum atomic E-state index is 5.41. The topological polar surface area (TPSA) is 48.8 Å². The predicted octanol–water partition coefficient (Wildman–Crippen LogP) is 10.4. The Hall–Kier alpha value is -6.26. The first kappa shape index (κ1) is 32.3. The van der Waals surface area contributed by atoms with Gasteiger partial charge < -0.3 is 10.6 Å². The van der Waals surface area contributed by atoms with Gasteiger partial charge in [0.2, 0.25) is 0 Å². The molecule has 1 heterocycles. The minimum Gasteiger partial charge on any atom is -0.381 e. The van der Waals surface area contributed by atoms with E-state index in [2.05, 4.69) is 199 Å². The molecular formula is C46H40N4. The van der Waals surface area contributed by atoms with E-state index in [0.29, 0.717) is 0 Å². The maximum Gasteiger partial charge on any atom is 0.0867 e. The Morgan fingerprint density at radius 3 is 1.34 bits per heavy atom. The number of allylic oxidation sites excluding steroid dienone is 1. The third kappa shape index (κ3) is 7.88. The molecule has 6 aromatic rings. The molecule has 2 N–H and O–H groups in total. The van der Waals surface area contributed by atoms with Gasteiger partial charge in [-0.2, -0.15) is 0 Å². The Kier molecular flexibility index (Phi) is 10.5. The summed E-state index contributed by atoms with van der Waals surface area (Å²) in [5.41, 5.74) is 8.50. The number of hydrogen-bond donors (Lipinski definition) is 2. The number of nitrogens with zero attached hydrogens (tertiary/aromatic N) is 2. The Morgan fingerprint density at radius 1 is 0.400 bits per heavy atom. The molecule has 0 amide bonds. The van der Waals surface area contributed by atoms with Gasteiger partial charge in [-0.05, 0) is 27.8 Å². The van der Waals surface area contributed by atoms with Crippen molar-refractivity contribution in [2.45, 2.75) is 24.0 Å². The average Bonchev–Trinajstić information content (AvgIpc) is 3.20. The van der Waals surface area contributed by atoms with Crippen LogP contribution in [0.1, 0.15) is 57.4 Å². The molecule has 0 aliphatic carbocycles. The summed E-state index contributed by atoms with van der Waals surface area (Å²) in [4.78, 5) is 10.7. The lowest BCUT2D eigenvalue weighted by Crippen LogP contribution is -2.31. The van der Waals surface area contributed by atoms with Crippen LogP contribution >= 0.6 is 0 Å². The van der Waals surface area contributed by atoms with Gasteiger partial charge in [-0.1, -0.05) is 182 Å². The van der Waals surface area contributed by atoms with E-state index < -0.39 is 0 Å². The van der Waals surface area contributed by atoms with Gasteiger partial charge in [0.25, 0.3) is 0 Å². The fourth-order valence-electron chi connectivity index (χ4n) is 6.45. The van der Waals surface area contributed by atoms with Gasteiger partial charge >= 0.3 is 0 Å². The molecule has 0 bridgehead atoms. The first-order valence-electron chi connectivity index (χ1n) is 17.1. The molecule has 0 spiro atoms. The zero-order valence-electron chi connectivity index (χ0n) is 27.8. The van der Waals surface area contributed by atoms with Crippen LogP contribution in [0.25, 0.3) is 11.3 Å². The van der Waals surface area contributed by atoms with E-state index >= 15 is 0 Å². The van der Waals surface area contributed by atoms with Crippen LogP contribution in [0.2, 0.25) is 0 Å². The van der Waals surface area contributed by atoms with Crippen molar-refractivity contribution in [1.29, 1.82) is 0 Å². The van der Waals surface area contributed by atoms with Crippen molar-refractivity contribution in [2.24, 2.45) is 9.98 Å². The lowest BCUT2D eigenvalue weighted by atomic mass is 9.88. The van der Waals surface area contributed by atoms with Crippen LogP contribution in [-0.2, 0) is 0 Å². The second kappa shape index (κ2) is 16.2. The summed E-state index contributed by atoms with van der Waals surface area (Å²) < 4.78 is 0. The molecule has 0 unspecified atom stereocenters. The van der Waals surface area contributed by atoms with Crippen molar-refractivity contribution in [3.63, 3.8) is 0 Å². The van der Waals surface area contributed by atoms with Gasteiger partial charge in [0.1, 0.15) is 0 Å². The van der Waals surface area contributed by atoms with Crippen molar-refractivity contribution in [3.05, 3.63) is 228 Å². The van der Waals surface area contributed by atoms with Crippen molar-refractivity contribution in [1.82, 2.24) is 10.6 Å². The number of rotatable bonds is 6. The number of hydrogen-bond acceptors (Lipinski definition) is 4. The number of aliphatic imine (C=N–C) groups is 2. The van der Waals surface area contributed by atoms with Gasteiger partial charge in [-0.25, -0.2) is 0 Å². The molecule has 1 aliphatic heterocycles. The number of benzene rings is 6. The highest BCUT2D eigenvalue weighted by Gasteiger charge is 2.26. The first-order valence-corrected chi connectivity index (χ1v) is 17.1. The Morgan fingerprint density at radius 2 is 0.820 bits per heavy atom. The minimum atomic E-state index is -0.232. The van der Waals surface area contributed by atoms with E-state index in [1.165, 1.54) is 0 Å². The van der Waals surface area contributed by atoms with Crippen molar-refractivity contribution < 1.29 is 0 Å². The summed E-state index contributed by atoms with van der Waals surface area (Å²) in [6.07, 6.45) is 8.29. The van der Waals surface area contributed by atoms with Crippen LogP contribution in [0.5, 0.6) is 0 Å². The van der Waals surface area contributed by atoms with E-state index in [1.807, 2.05) is 18.3 Å². The molecule has 0 saturated heterocycles. The lowest BCUT2D eigenvalue weighted by molar-refractivity contribution is 0.459. The minimum absolute atomic E-state index is 0.132. The molecule has 7 rings (SSSR count). The van der Waals surface area contributed by atoms with E-state index in [9.17, 15) is 0 Å². The quantitative estimate of drug-likeness (QED) is 0.189. The summed E-state index contributed by atoms with van der Waals surface area (Å²) in [6.45, 7) is 0. The Bertz CT molecular complexity index is 1890. The molecule has 4 heteroatoms. The Balaban J connectivity index is 1.45. The Labute approximate surface area is 295 Å². The van der Waals surface area contributed by atoms with Crippen LogP contribution in [0.3, 0.4) is 0 Å². The van der Waals surface area contributed by atoms with E-state index in [1.54, 1.807) is 0 Å². The van der Waals surface area contributed by atoms with E-state index in [-0.39, 0.29) is 24.0 Å². The highest BCUT2D eigenvalue weighted by atomic mass is 15.0. The molecule has 0 aromatic heterocycles. The average molecular weight is 649 g/mol. The third-order valence-corrected chi connectivity index (χ3v) is 9.06. The predicted molar refractivity (Wildman–Crippen MR) is 209 cm³/mol. The fourth-order valence-corrected chi connectivity index (χ4v) is 6.45. The highest BCUT2D eigenvalue weighted by Crippen LogP contribution is 2.35. The SMILES string of the molecule is C1=N/C(c2ccccc2)=C\N[C@@H](c2ccccc2)[C@H](c2ccccc2)N/C=C(/c2ccccc2)C=N[C@@H](c2ccccc2)[C@@H]1c1ccccc1. The van der Waals surface area contributed by atoms with Crippen LogP contribution in [0, 0.1) is 0 Å².